The Hall–Kier alpha value is -3.34. The number of hydrogen-bond donors (Lipinski definition) is 3. The molecule has 5 rings (SSSR count). The molecule has 0 saturated carbocycles. The summed E-state index contributed by atoms with van der Waals surface area (Å²) in [6, 6.07) is 6.47. The second-order valence-electron chi connectivity index (χ2n) is 10.4. The number of nitrogens with zero attached hydrogens (tertiary/aromatic N) is 4. The smallest absolute Gasteiger partial charge is 0.377 e. The van der Waals surface area contributed by atoms with Crippen molar-refractivity contribution in [3.63, 3.8) is 0 Å². The van der Waals surface area contributed by atoms with E-state index in [9.17, 15) is 13.2 Å². The van der Waals surface area contributed by atoms with E-state index in [1.165, 1.54) is 23.2 Å². The average Bonchev–Trinajstić information content (AvgIpc) is 3.37. The van der Waals surface area contributed by atoms with Gasteiger partial charge in [-0.05, 0) is 59.9 Å². The molecule has 0 amide bonds. The van der Waals surface area contributed by atoms with E-state index in [1.54, 1.807) is 6.07 Å². The summed E-state index contributed by atoms with van der Waals surface area (Å²) in [5, 5.41) is 15.8. The zero-order chi connectivity index (χ0) is 27.7. The number of fused-ring (bicyclic) bond motifs is 1. The summed E-state index contributed by atoms with van der Waals surface area (Å²) >= 11 is 1.89. The Labute approximate surface area is 230 Å². The monoisotopic (exact) mass is 555 g/mol. The highest BCUT2D eigenvalue weighted by molar-refractivity contribution is 7.98. The fraction of sp³-hybridized carbons (Fsp3) is 0.429. The van der Waals surface area contributed by atoms with E-state index in [-0.39, 0.29) is 24.2 Å². The third-order valence-electron chi connectivity index (χ3n) is 7.28. The Morgan fingerprint density at radius 3 is 2.67 bits per heavy atom. The Morgan fingerprint density at radius 1 is 1.21 bits per heavy atom. The van der Waals surface area contributed by atoms with Crippen LogP contribution < -0.4 is 15.5 Å². The number of rotatable bonds is 8. The molecule has 0 spiro atoms. The highest BCUT2D eigenvalue weighted by Gasteiger charge is 2.43. The van der Waals surface area contributed by atoms with Crippen molar-refractivity contribution < 1.29 is 13.2 Å². The van der Waals surface area contributed by atoms with Crippen molar-refractivity contribution in [3.8, 4) is 0 Å². The molecule has 2 saturated heterocycles. The summed E-state index contributed by atoms with van der Waals surface area (Å²) in [7, 11) is 0. The molecule has 206 valence electrons. The second kappa shape index (κ2) is 11.0. The van der Waals surface area contributed by atoms with Gasteiger partial charge in [-0.3, -0.25) is 0 Å². The molecule has 1 unspecified atom stereocenters. The van der Waals surface area contributed by atoms with E-state index in [4.69, 9.17) is 5.41 Å². The van der Waals surface area contributed by atoms with E-state index < -0.39 is 12.2 Å². The minimum atomic E-state index is -4.35. The molecule has 0 radical (unpaired) electrons. The van der Waals surface area contributed by atoms with Crippen LogP contribution in [0.25, 0.3) is 16.3 Å². The molecule has 1 aromatic carbocycles. The fourth-order valence-electron chi connectivity index (χ4n) is 5.28. The first-order valence-electron chi connectivity index (χ1n) is 13.0. The predicted molar refractivity (Wildman–Crippen MR) is 153 cm³/mol. The van der Waals surface area contributed by atoms with Gasteiger partial charge in [-0.1, -0.05) is 19.9 Å². The SMILES string of the molecule is CSCC1CN(c2ccc(C(C)C)c3cc(Nc4ccnc(/C(C=N)=C5\CCC(C(F)(F)F)N5)n4)ncc23)C1. The van der Waals surface area contributed by atoms with Crippen molar-refractivity contribution in [2.45, 2.75) is 44.8 Å². The first-order chi connectivity index (χ1) is 18.7. The van der Waals surface area contributed by atoms with Gasteiger partial charge in [-0.15, -0.1) is 0 Å². The topological polar surface area (TPSA) is 89.8 Å². The summed E-state index contributed by atoms with van der Waals surface area (Å²) in [5.41, 5.74) is 3.00. The molecule has 4 heterocycles. The number of benzene rings is 1. The highest BCUT2D eigenvalue weighted by atomic mass is 32.2. The van der Waals surface area contributed by atoms with Crippen LogP contribution >= 0.6 is 11.8 Å². The second-order valence-corrected chi connectivity index (χ2v) is 11.3. The van der Waals surface area contributed by atoms with Crippen LogP contribution in [0.5, 0.6) is 0 Å². The Morgan fingerprint density at radius 2 is 2.00 bits per heavy atom. The van der Waals surface area contributed by atoms with Crippen LogP contribution in [0.15, 0.2) is 42.4 Å². The van der Waals surface area contributed by atoms with Crippen LogP contribution in [0.1, 0.15) is 44.0 Å². The summed E-state index contributed by atoms with van der Waals surface area (Å²) in [6.45, 7) is 6.43. The maximum atomic E-state index is 13.1. The first kappa shape index (κ1) is 27.2. The largest absolute Gasteiger partial charge is 0.408 e. The lowest BCUT2D eigenvalue weighted by molar-refractivity contribution is -0.151. The van der Waals surface area contributed by atoms with Crippen LogP contribution in [-0.2, 0) is 0 Å². The van der Waals surface area contributed by atoms with Gasteiger partial charge in [0.05, 0.1) is 5.57 Å². The summed E-state index contributed by atoms with van der Waals surface area (Å²) in [6.07, 6.45) is 2.33. The number of nitrogens with one attached hydrogen (secondary N) is 3. The van der Waals surface area contributed by atoms with Crippen LogP contribution in [0.3, 0.4) is 0 Å². The van der Waals surface area contributed by atoms with E-state index in [0.29, 0.717) is 29.2 Å². The van der Waals surface area contributed by atoms with E-state index >= 15 is 0 Å². The summed E-state index contributed by atoms with van der Waals surface area (Å²) < 4.78 is 39.4. The zero-order valence-corrected chi connectivity index (χ0v) is 23.0. The molecule has 1 atom stereocenters. The van der Waals surface area contributed by atoms with Crippen LogP contribution in [0.4, 0.5) is 30.5 Å². The van der Waals surface area contributed by atoms with Gasteiger partial charge in [0, 0.05) is 54.4 Å². The van der Waals surface area contributed by atoms with Crippen LogP contribution in [-0.4, -0.2) is 58.5 Å². The lowest BCUT2D eigenvalue weighted by Crippen LogP contribution is -2.48. The maximum Gasteiger partial charge on any atom is 0.408 e. The van der Waals surface area contributed by atoms with Gasteiger partial charge < -0.3 is 20.9 Å². The van der Waals surface area contributed by atoms with Gasteiger partial charge in [0.1, 0.15) is 17.7 Å². The average molecular weight is 556 g/mol. The van der Waals surface area contributed by atoms with Gasteiger partial charge in [-0.2, -0.15) is 24.9 Å². The Bertz CT molecular complexity index is 1400. The maximum absolute atomic E-state index is 13.1. The first-order valence-corrected chi connectivity index (χ1v) is 14.4. The third kappa shape index (κ3) is 5.68. The van der Waals surface area contributed by atoms with Crippen molar-refractivity contribution in [3.05, 3.63) is 53.7 Å². The molecule has 0 aliphatic carbocycles. The van der Waals surface area contributed by atoms with Crippen molar-refractivity contribution in [2.75, 3.05) is 35.3 Å². The van der Waals surface area contributed by atoms with Crippen molar-refractivity contribution in [1.29, 1.82) is 5.41 Å². The van der Waals surface area contributed by atoms with Gasteiger partial charge in [0.2, 0.25) is 0 Å². The van der Waals surface area contributed by atoms with Crippen LogP contribution in [0, 0.1) is 11.3 Å². The minimum Gasteiger partial charge on any atom is -0.377 e. The predicted octanol–water partition coefficient (Wildman–Crippen LogP) is 6.37. The summed E-state index contributed by atoms with van der Waals surface area (Å²) in [5.74, 6) is 3.44. The lowest BCUT2D eigenvalue weighted by Gasteiger charge is -2.41. The van der Waals surface area contributed by atoms with Gasteiger partial charge >= 0.3 is 6.18 Å². The number of aromatic nitrogens is 3. The quantitative estimate of drug-likeness (QED) is 0.279. The third-order valence-corrected chi connectivity index (χ3v) is 8.09. The highest BCUT2D eigenvalue weighted by Crippen LogP contribution is 2.37. The molecule has 2 aliphatic rings. The molecule has 39 heavy (non-hydrogen) atoms. The number of alkyl halides is 3. The number of thioether (sulfide) groups is 1. The minimum absolute atomic E-state index is 0.0784. The molecule has 7 nitrogen and oxygen atoms in total. The van der Waals surface area contributed by atoms with Gasteiger partial charge in [0.25, 0.3) is 0 Å². The number of anilines is 3. The molecule has 2 aliphatic heterocycles. The van der Waals surface area contributed by atoms with Gasteiger partial charge in [0.15, 0.2) is 5.82 Å². The number of hydrogen-bond acceptors (Lipinski definition) is 8. The van der Waals surface area contributed by atoms with Crippen LogP contribution in [0.2, 0.25) is 0 Å². The fourth-order valence-corrected chi connectivity index (χ4v) is 5.96. The van der Waals surface area contributed by atoms with E-state index in [0.717, 1.165) is 30.1 Å². The zero-order valence-electron chi connectivity index (χ0n) is 22.1. The van der Waals surface area contributed by atoms with E-state index in [1.807, 2.05) is 24.0 Å². The molecule has 2 fully saturated rings. The molecular weight excluding hydrogens is 523 g/mol. The van der Waals surface area contributed by atoms with Crippen molar-refractivity contribution in [1.82, 2.24) is 20.3 Å². The Balaban J connectivity index is 1.42. The van der Waals surface area contributed by atoms with Crippen molar-refractivity contribution >= 4 is 51.6 Å². The molecule has 3 aromatic rings. The molecule has 0 bridgehead atoms. The lowest BCUT2D eigenvalue weighted by atomic mass is 9.93. The van der Waals surface area contributed by atoms with Gasteiger partial charge in [-0.25, -0.2) is 15.0 Å². The standard InChI is InChI=1S/C28H32F3N7S/c1-16(2)18-4-6-23(38-13-17(14-38)15-39-3)21-12-34-26(10-19(18)21)36-25-8-9-33-27(37-25)20(11-32)22-5-7-24(35-22)28(29,30)31/h4,6,8-12,16-17,24,32,35H,5,7,13-15H2,1-3H3,(H,33,34,36,37)/b22-20+,32-11?. The van der Waals surface area contributed by atoms with Crippen molar-refractivity contribution in [2.24, 2.45) is 5.92 Å². The van der Waals surface area contributed by atoms with E-state index in [2.05, 4.69) is 62.7 Å². The number of pyridine rings is 1. The molecule has 3 N–H and O–H groups in total. The molecule has 11 heteroatoms. The molecule has 2 aromatic heterocycles. The molecular formula is C28H32F3N7S. The number of allylic oxidation sites excluding steroid dienone is 2. The number of halogens is 3. The normalized spacial score (nSPS) is 19.3. The summed E-state index contributed by atoms with van der Waals surface area (Å²) in [4.78, 5) is 15.8. The Kier molecular flexibility index (Phi) is 7.70.